The highest BCUT2D eigenvalue weighted by atomic mass is 79.9. The number of aryl methyl sites for hydroxylation is 1. The molecular formula is C11H16BrClN2. The van der Waals surface area contributed by atoms with Crippen molar-refractivity contribution in [2.75, 3.05) is 0 Å². The van der Waals surface area contributed by atoms with Gasteiger partial charge in [0.2, 0.25) is 0 Å². The fraction of sp³-hybridized carbons (Fsp3) is 0.727. The SMILES string of the molecule is CCn1ncc(Br)c1C1CCC(Cl)C1C. The molecule has 1 aromatic heterocycles. The second-order valence-corrected chi connectivity index (χ2v) is 5.67. The van der Waals surface area contributed by atoms with Crippen LogP contribution in [0.5, 0.6) is 0 Å². The summed E-state index contributed by atoms with van der Waals surface area (Å²) in [6.45, 7) is 5.30. The Morgan fingerprint density at radius 3 is 2.87 bits per heavy atom. The van der Waals surface area contributed by atoms with Gasteiger partial charge in [-0.15, -0.1) is 11.6 Å². The molecule has 0 amide bonds. The average Bonchev–Trinajstić information content (AvgIpc) is 2.73. The molecule has 84 valence electrons. The van der Waals surface area contributed by atoms with Crippen LogP contribution in [0.1, 0.15) is 38.3 Å². The van der Waals surface area contributed by atoms with Gasteiger partial charge in [-0.05, 0) is 41.6 Å². The van der Waals surface area contributed by atoms with Crippen LogP contribution < -0.4 is 0 Å². The fourth-order valence-electron chi connectivity index (χ4n) is 2.49. The van der Waals surface area contributed by atoms with Crippen LogP contribution in [0, 0.1) is 5.92 Å². The van der Waals surface area contributed by atoms with Crippen LogP contribution in [-0.2, 0) is 6.54 Å². The zero-order valence-electron chi connectivity index (χ0n) is 9.08. The summed E-state index contributed by atoms with van der Waals surface area (Å²) in [4.78, 5) is 0. The first kappa shape index (κ1) is 11.5. The molecule has 3 atom stereocenters. The third-order valence-corrected chi connectivity index (χ3v) is 4.67. The van der Waals surface area contributed by atoms with Crippen molar-refractivity contribution in [2.24, 2.45) is 5.92 Å². The smallest absolute Gasteiger partial charge is 0.0635 e. The van der Waals surface area contributed by atoms with E-state index < -0.39 is 0 Å². The van der Waals surface area contributed by atoms with Crippen LogP contribution in [-0.4, -0.2) is 15.2 Å². The highest BCUT2D eigenvalue weighted by Crippen LogP contribution is 2.44. The molecule has 0 radical (unpaired) electrons. The molecule has 1 fully saturated rings. The molecule has 4 heteroatoms. The molecule has 1 aromatic rings. The molecule has 0 aliphatic heterocycles. The Bertz CT molecular complexity index is 350. The third-order valence-electron chi connectivity index (χ3n) is 3.44. The van der Waals surface area contributed by atoms with Crippen LogP contribution in [0.4, 0.5) is 0 Å². The van der Waals surface area contributed by atoms with E-state index in [-0.39, 0.29) is 0 Å². The van der Waals surface area contributed by atoms with Gasteiger partial charge in [0.1, 0.15) is 0 Å². The highest BCUT2D eigenvalue weighted by Gasteiger charge is 2.35. The summed E-state index contributed by atoms with van der Waals surface area (Å²) in [5.74, 6) is 1.11. The number of alkyl halides is 1. The molecule has 0 spiro atoms. The first-order valence-electron chi connectivity index (χ1n) is 5.50. The molecular weight excluding hydrogens is 275 g/mol. The number of hydrogen-bond donors (Lipinski definition) is 0. The minimum absolute atomic E-state index is 0.321. The summed E-state index contributed by atoms with van der Waals surface area (Å²) < 4.78 is 3.21. The largest absolute Gasteiger partial charge is 0.268 e. The quantitative estimate of drug-likeness (QED) is 0.758. The molecule has 15 heavy (non-hydrogen) atoms. The van der Waals surface area contributed by atoms with Crippen molar-refractivity contribution >= 4 is 27.5 Å². The summed E-state index contributed by atoms with van der Waals surface area (Å²) in [6, 6.07) is 0. The lowest BCUT2D eigenvalue weighted by molar-refractivity contribution is 0.484. The van der Waals surface area contributed by atoms with Crippen LogP contribution in [0.15, 0.2) is 10.7 Å². The number of aromatic nitrogens is 2. The van der Waals surface area contributed by atoms with Crippen LogP contribution in [0.25, 0.3) is 0 Å². The maximum Gasteiger partial charge on any atom is 0.0635 e. The van der Waals surface area contributed by atoms with Crippen molar-refractivity contribution in [3.63, 3.8) is 0 Å². The highest BCUT2D eigenvalue weighted by molar-refractivity contribution is 9.10. The Hall–Kier alpha value is -0.0200. The number of nitrogens with zero attached hydrogens (tertiary/aromatic N) is 2. The number of hydrogen-bond acceptors (Lipinski definition) is 1. The lowest BCUT2D eigenvalue weighted by Gasteiger charge is -2.18. The lowest BCUT2D eigenvalue weighted by atomic mass is 9.94. The molecule has 0 saturated heterocycles. The van der Waals surface area contributed by atoms with Gasteiger partial charge >= 0.3 is 0 Å². The monoisotopic (exact) mass is 290 g/mol. The molecule has 0 bridgehead atoms. The Labute approximate surface area is 104 Å². The third kappa shape index (κ3) is 1.96. The number of rotatable bonds is 2. The summed E-state index contributed by atoms with van der Waals surface area (Å²) in [5.41, 5.74) is 1.33. The molecule has 3 unspecified atom stereocenters. The van der Waals surface area contributed by atoms with Crippen LogP contribution in [0.2, 0.25) is 0 Å². The zero-order chi connectivity index (χ0) is 11.0. The van der Waals surface area contributed by atoms with Crippen LogP contribution in [0.3, 0.4) is 0 Å². The Balaban J connectivity index is 2.32. The van der Waals surface area contributed by atoms with E-state index in [1.165, 1.54) is 12.1 Å². The van der Waals surface area contributed by atoms with Gasteiger partial charge in [0.15, 0.2) is 0 Å². The molecule has 0 N–H and O–H groups in total. The first-order chi connectivity index (χ1) is 7.15. The Morgan fingerprint density at radius 2 is 2.33 bits per heavy atom. The summed E-state index contributed by atoms with van der Waals surface area (Å²) in [7, 11) is 0. The van der Waals surface area contributed by atoms with Gasteiger partial charge in [-0.1, -0.05) is 6.92 Å². The van der Waals surface area contributed by atoms with Gasteiger partial charge in [-0.3, -0.25) is 4.68 Å². The molecule has 1 saturated carbocycles. The summed E-state index contributed by atoms with van der Waals surface area (Å²) >= 11 is 9.87. The molecule has 2 rings (SSSR count). The number of halogens is 2. The van der Waals surface area contributed by atoms with Crippen LogP contribution >= 0.6 is 27.5 Å². The van der Waals surface area contributed by atoms with Gasteiger partial charge in [0.05, 0.1) is 16.4 Å². The molecule has 1 aliphatic rings. The van der Waals surface area contributed by atoms with E-state index in [1.54, 1.807) is 0 Å². The summed E-state index contributed by atoms with van der Waals surface area (Å²) in [5, 5.41) is 4.69. The molecule has 1 aliphatic carbocycles. The van der Waals surface area contributed by atoms with Crippen molar-refractivity contribution in [3.8, 4) is 0 Å². The van der Waals surface area contributed by atoms with Crippen molar-refractivity contribution in [3.05, 3.63) is 16.4 Å². The minimum atomic E-state index is 0.321. The van der Waals surface area contributed by atoms with E-state index in [4.69, 9.17) is 11.6 Å². The van der Waals surface area contributed by atoms with E-state index in [1.807, 2.05) is 6.20 Å². The van der Waals surface area contributed by atoms with Gasteiger partial charge in [0.25, 0.3) is 0 Å². The van der Waals surface area contributed by atoms with E-state index in [0.717, 1.165) is 17.4 Å². The van der Waals surface area contributed by atoms with Crippen molar-refractivity contribution in [2.45, 2.75) is 44.5 Å². The van der Waals surface area contributed by atoms with Crippen molar-refractivity contribution in [1.82, 2.24) is 9.78 Å². The van der Waals surface area contributed by atoms with E-state index in [0.29, 0.717) is 17.2 Å². The maximum absolute atomic E-state index is 6.28. The predicted molar refractivity (Wildman–Crippen MR) is 66.4 cm³/mol. The second-order valence-electron chi connectivity index (χ2n) is 4.25. The average molecular weight is 292 g/mol. The Kier molecular flexibility index (Phi) is 3.41. The molecule has 0 aromatic carbocycles. The summed E-state index contributed by atoms with van der Waals surface area (Å²) in [6.07, 6.45) is 4.20. The van der Waals surface area contributed by atoms with Gasteiger partial charge < -0.3 is 0 Å². The Morgan fingerprint density at radius 1 is 1.60 bits per heavy atom. The normalized spacial score (nSPS) is 31.1. The second kappa shape index (κ2) is 4.46. The van der Waals surface area contributed by atoms with E-state index in [9.17, 15) is 0 Å². The lowest BCUT2D eigenvalue weighted by Crippen LogP contribution is -2.14. The van der Waals surface area contributed by atoms with Crippen molar-refractivity contribution < 1.29 is 0 Å². The predicted octanol–water partition coefficient (Wildman–Crippen LogP) is 3.79. The maximum atomic E-state index is 6.28. The van der Waals surface area contributed by atoms with Gasteiger partial charge in [-0.2, -0.15) is 5.10 Å². The van der Waals surface area contributed by atoms with Gasteiger partial charge in [-0.25, -0.2) is 0 Å². The minimum Gasteiger partial charge on any atom is -0.268 e. The zero-order valence-corrected chi connectivity index (χ0v) is 11.4. The van der Waals surface area contributed by atoms with Crippen molar-refractivity contribution in [1.29, 1.82) is 0 Å². The van der Waals surface area contributed by atoms with E-state index in [2.05, 4.69) is 39.6 Å². The molecule has 2 nitrogen and oxygen atoms in total. The molecule has 1 heterocycles. The first-order valence-corrected chi connectivity index (χ1v) is 6.73. The fourth-order valence-corrected chi connectivity index (χ4v) is 3.39. The van der Waals surface area contributed by atoms with Gasteiger partial charge in [0, 0.05) is 17.8 Å². The standard InChI is InChI=1S/C11H16BrClN2/c1-3-15-11(9(12)6-14-15)8-4-5-10(13)7(8)2/h6-8,10H,3-5H2,1-2H3. The van der Waals surface area contributed by atoms with E-state index >= 15 is 0 Å². The topological polar surface area (TPSA) is 17.8 Å².